The first kappa shape index (κ1) is 22.2. The minimum absolute atomic E-state index is 0.230. The van der Waals surface area contributed by atoms with Crippen molar-refractivity contribution in [3.8, 4) is 5.75 Å². The number of methoxy groups -OCH3 is 1. The van der Waals surface area contributed by atoms with E-state index in [0.29, 0.717) is 31.0 Å². The molecule has 0 aliphatic heterocycles. The Kier molecular flexibility index (Phi) is 7.60. The number of carbonyl (C=O) groups is 2. The Labute approximate surface area is 170 Å². The monoisotopic (exact) mass is 420 g/mol. The highest BCUT2D eigenvalue weighted by Crippen LogP contribution is 2.17. The Morgan fingerprint density at radius 1 is 1.07 bits per heavy atom. The predicted octanol–water partition coefficient (Wildman–Crippen LogP) is 2.81. The molecule has 0 aromatic heterocycles. The smallest absolute Gasteiger partial charge is 0.339 e. The number of carbonyl (C=O) groups excluding carboxylic acids is 2. The highest BCUT2D eigenvalue weighted by Gasteiger charge is 2.15. The number of benzene rings is 2. The number of esters is 1. The predicted molar refractivity (Wildman–Crippen MR) is 109 cm³/mol. The molecule has 0 spiro atoms. The van der Waals surface area contributed by atoms with Gasteiger partial charge in [-0.15, -0.1) is 0 Å². The normalized spacial score (nSPS) is 10.9. The molecule has 156 valence electrons. The lowest BCUT2D eigenvalue weighted by atomic mass is 10.2. The van der Waals surface area contributed by atoms with Crippen molar-refractivity contribution in [2.24, 2.45) is 0 Å². The summed E-state index contributed by atoms with van der Waals surface area (Å²) in [6.07, 6.45) is 1.71. The van der Waals surface area contributed by atoms with E-state index in [1.807, 2.05) is 0 Å². The second-order valence-electron chi connectivity index (χ2n) is 6.33. The van der Waals surface area contributed by atoms with E-state index in [1.165, 1.54) is 24.1 Å². The zero-order valence-corrected chi connectivity index (χ0v) is 17.4. The third kappa shape index (κ3) is 6.49. The second kappa shape index (κ2) is 9.92. The van der Waals surface area contributed by atoms with E-state index in [2.05, 4.69) is 5.32 Å². The Balaban J connectivity index is 1.82. The van der Waals surface area contributed by atoms with Gasteiger partial charge in [-0.3, -0.25) is 0 Å². The highest BCUT2D eigenvalue weighted by molar-refractivity contribution is 7.90. The third-order valence-electron chi connectivity index (χ3n) is 4.08. The summed E-state index contributed by atoms with van der Waals surface area (Å²) >= 11 is 0. The van der Waals surface area contributed by atoms with Crippen LogP contribution in [0.3, 0.4) is 0 Å². The van der Waals surface area contributed by atoms with Gasteiger partial charge in [0.2, 0.25) is 0 Å². The first-order valence-electron chi connectivity index (χ1n) is 8.84. The van der Waals surface area contributed by atoms with E-state index in [9.17, 15) is 18.0 Å². The zero-order valence-electron chi connectivity index (χ0n) is 16.5. The number of sulfone groups is 1. The van der Waals surface area contributed by atoms with Crippen molar-refractivity contribution in [3.63, 3.8) is 0 Å². The Morgan fingerprint density at radius 2 is 1.72 bits per heavy atom. The topological polar surface area (TPSA) is 102 Å². The van der Waals surface area contributed by atoms with Crippen LogP contribution in [0.25, 0.3) is 0 Å². The lowest BCUT2D eigenvalue weighted by molar-refractivity contribution is 0.0602. The van der Waals surface area contributed by atoms with Crippen LogP contribution in [-0.2, 0) is 14.6 Å². The fourth-order valence-electron chi connectivity index (χ4n) is 2.47. The summed E-state index contributed by atoms with van der Waals surface area (Å²) in [7, 11) is -0.322. The number of ether oxygens (including phenoxy) is 2. The summed E-state index contributed by atoms with van der Waals surface area (Å²) in [6.45, 7) is 0.780. The van der Waals surface area contributed by atoms with Gasteiger partial charge < -0.3 is 19.7 Å². The van der Waals surface area contributed by atoms with Gasteiger partial charge >= 0.3 is 12.0 Å². The molecule has 2 rings (SSSR count). The molecule has 0 unspecified atom stereocenters. The van der Waals surface area contributed by atoms with Crippen LogP contribution < -0.4 is 10.1 Å². The fourth-order valence-corrected chi connectivity index (χ4v) is 3.10. The summed E-state index contributed by atoms with van der Waals surface area (Å²) in [5.74, 6) is 0.0235. The standard InChI is InChI=1S/C20H24N2O6S/c1-22(20(24)21-18-8-5-4-7-17(18)19(23)27-2)13-6-14-28-15-9-11-16(12-10-15)29(3,25)26/h4-5,7-12H,6,13-14H2,1-3H3,(H,21,24). The SMILES string of the molecule is COC(=O)c1ccccc1NC(=O)N(C)CCCOc1ccc(S(C)(=O)=O)cc1. The molecule has 8 nitrogen and oxygen atoms in total. The Hall–Kier alpha value is -3.07. The van der Waals surface area contributed by atoms with Gasteiger partial charge in [-0.1, -0.05) is 12.1 Å². The van der Waals surface area contributed by atoms with Crippen LogP contribution in [0.5, 0.6) is 5.75 Å². The van der Waals surface area contributed by atoms with Gasteiger partial charge in [0.05, 0.1) is 29.9 Å². The van der Waals surface area contributed by atoms with Crippen LogP contribution in [0.4, 0.5) is 10.5 Å². The van der Waals surface area contributed by atoms with Crippen molar-refractivity contribution in [1.29, 1.82) is 0 Å². The van der Waals surface area contributed by atoms with Crippen molar-refractivity contribution in [2.45, 2.75) is 11.3 Å². The van der Waals surface area contributed by atoms with Gasteiger partial charge in [0.1, 0.15) is 5.75 Å². The third-order valence-corrected chi connectivity index (χ3v) is 5.21. The lowest BCUT2D eigenvalue weighted by Crippen LogP contribution is -2.33. The summed E-state index contributed by atoms with van der Waals surface area (Å²) in [6, 6.07) is 12.4. The molecule has 0 atom stereocenters. The Bertz CT molecular complexity index is 957. The first-order chi connectivity index (χ1) is 13.7. The molecule has 0 fully saturated rings. The van der Waals surface area contributed by atoms with E-state index >= 15 is 0 Å². The average Bonchev–Trinajstić information content (AvgIpc) is 2.70. The van der Waals surface area contributed by atoms with E-state index < -0.39 is 15.8 Å². The van der Waals surface area contributed by atoms with Crippen molar-refractivity contribution >= 4 is 27.5 Å². The van der Waals surface area contributed by atoms with Gasteiger partial charge in [0.15, 0.2) is 9.84 Å². The summed E-state index contributed by atoms with van der Waals surface area (Å²) < 4.78 is 33.2. The molecular formula is C20H24N2O6S. The maximum absolute atomic E-state index is 12.3. The van der Waals surface area contributed by atoms with Gasteiger partial charge in [-0.2, -0.15) is 0 Å². The molecule has 9 heteroatoms. The highest BCUT2D eigenvalue weighted by atomic mass is 32.2. The number of urea groups is 1. The molecule has 2 amide bonds. The molecule has 0 aliphatic carbocycles. The maximum atomic E-state index is 12.3. The number of para-hydroxylation sites is 1. The van der Waals surface area contributed by atoms with Crippen molar-refractivity contribution in [2.75, 3.05) is 38.9 Å². The van der Waals surface area contributed by atoms with Crippen LogP contribution in [0.1, 0.15) is 16.8 Å². The van der Waals surface area contributed by atoms with Crippen LogP contribution in [0.15, 0.2) is 53.4 Å². The number of anilines is 1. The molecule has 0 heterocycles. The molecule has 2 aromatic carbocycles. The minimum atomic E-state index is -3.24. The molecule has 0 saturated heterocycles. The lowest BCUT2D eigenvalue weighted by Gasteiger charge is -2.19. The van der Waals surface area contributed by atoms with E-state index in [0.717, 1.165) is 6.26 Å². The number of nitrogens with zero attached hydrogens (tertiary/aromatic N) is 1. The van der Waals surface area contributed by atoms with Crippen molar-refractivity contribution in [3.05, 3.63) is 54.1 Å². The van der Waals surface area contributed by atoms with Gasteiger partial charge in [0.25, 0.3) is 0 Å². The average molecular weight is 420 g/mol. The molecule has 0 radical (unpaired) electrons. The number of hydrogen-bond acceptors (Lipinski definition) is 6. The molecule has 0 saturated carbocycles. The Morgan fingerprint density at radius 3 is 2.34 bits per heavy atom. The van der Waals surface area contributed by atoms with E-state index in [-0.39, 0.29) is 16.5 Å². The molecule has 1 N–H and O–H groups in total. The van der Waals surface area contributed by atoms with Gasteiger partial charge in [-0.25, -0.2) is 18.0 Å². The molecule has 29 heavy (non-hydrogen) atoms. The van der Waals surface area contributed by atoms with Crippen molar-refractivity contribution < 1.29 is 27.5 Å². The van der Waals surface area contributed by atoms with Crippen LogP contribution in [0, 0.1) is 0 Å². The second-order valence-corrected chi connectivity index (χ2v) is 8.35. The molecular weight excluding hydrogens is 396 g/mol. The van der Waals surface area contributed by atoms with E-state index in [1.54, 1.807) is 43.4 Å². The number of rotatable bonds is 8. The fraction of sp³-hybridized carbons (Fsp3) is 0.300. The summed E-state index contributed by atoms with van der Waals surface area (Å²) in [5.41, 5.74) is 0.649. The number of hydrogen-bond donors (Lipinski definition) is 1. The summed E-state index contributed by atoms with van der Waals surface area (Å²) in [5, 5.41) is 2.69. The minimum Gasteiger partial charge on any atom is -0.494 e. The first-order valence-corrected chi connectivity index (χ1v) is 10.7. The van der Waals surface area contributed by atoms with Crippen LogP contribution >= 0.6 is 0 Å². The van der Waals surface area contributed by atoms with Gasteiger partial charge in [-0.05, 0) is 42.8 Å². The summed E-state index contributed by atoms with van der Waals surface area (Å²) in [4.78, 5) is 25.8. The van der Waals surface area contributed by atoms with Crippen LogP contribution in [-0.4, -0.2) is 58.9 Å². The van der Waals surface area contributed by atoms with E-state index in [4.69, 9.17) is 9.47 Å². The molecule has 0 bridgehead atoms. The zero-order chi connectivity index (χ0) is 21.4. The van der Waals surface area contributed by atoms with Gasteiger partial charge in [0, 0.05) is 19.8 Å². The van der Waals surface area contributed by atoms with Crippen LogP contribution in [0.2, 0.25) is 0 Å². The quantitative estimate of drug-likeness (QED) is 0.520. The number of amides is 2. The largest absolute Gasteiger partial charge is 0.494 e. The molecule has 2 aromatic rings. The molecule has 0 aliphatic rings. The number of nitrogens with one attached hydrogen (secondary N) is 1. The maximum Gasteiger partial charge on any atom is 0.339 e. The van der Waals surface area contributed by atoms with Crippen molar-refractivity contribution in [1.82, 2.24) is 4.90 Å².